The van der Waals surface area contributed by atoms with Crippen LogP contribution in [-0.2, 0) is 16.0 Å². The maximum absolute atomic E-state index is 12.8. The van der Waals surface area contributed by atoms with Gasteiger partial charge in [-0.1, -0.05) is 6.07 Å². The first-order chi connectivity index (χ1) is 12.4. The molecule has 1 unspecified atom stereocenters. The van der Waals surface area contributed by atoms with Gasteiger partial charge >= 0.3 is 6.03 Å². The van der Waals surface area contributed by atoms with Gasteiger partial charge in [-0.15, -0.1) is 0 Å². The number of nitrogens with zero attached hydrogens (tertiary/aromatic N) is 2. The summed E-state index contributed by atoms with van der Waals surface area (Å²) >= 11 is 0. The van der Waals surface area contributed by atoms with E-state index in [1.165, 1.54) is 0 Å². The Kier molecular flexibility index (Phi) is 4.76. The molecule has 1 N–H and O–H groups in total. The SMILES string of the molecule is CCN(CC)C(=O)CN1C(=O)NC(C)(Cc2ccc3c(c2)OCO3)C1=O. The molecule has 0 spiro atoms. The number of imide groups is 1. The third-order valence-corrected chi connectivity index (χ3v) is 4.75. The Bertz CT molecular complexity index is 746. The molecule has 1 aromatic rings. The summed E-state index contributed by atoms with van der Waals surface area (Å²) in [6, 6.07) is 4.88. The molecule has 1 atom stereocenters. The molecule has 140 valence electrons. The fraction of sp³-hybridized carbons (Fsp3) is 0.500. The van der Waals surface area contributed by atoms with Gasteiger partial charge < -0.3 is 19.7 Å². The lowest BCUT2D eigenvalue weighted by atomic mass is 9.92. The highest BCUT2D eigenvalue weighted by Gasteiger charge is 2.48. The van der Waals surface area contributed by atoms with Crippen molar-refractivity contribution in [2.45, 2.75) is 32.7 Å². The minimum absolute atomic E-state index is 0.174. The molecule has 2 heterocycles. The first-order valence-electron chi connectivity index (χ1n) is 8.68. The molecule has 0 aliphatic carbocycles. The normalized spacial score (nSPS) is 21.1. The van der Waals surface area contributed by atoms with Crippen molar-refractivity contribution in [1.82, 2.24) is 15.1 Å². The average molecular weight is 361 g/mol. The van der Waals surface area contributed by atoms with Crippen molar-refractivity contribution in [3.63, 3.8) is 0 Å². The quantitative estimate of drug-likeness (QED) is 0.768. The lowest BCUT2D eigenvalue weighted by molar-refractivity contribution is -0.138. The summed E-state index contributed by atoms with van der Waals surface area (Å²) in [5.74, 6) is 0.634. The van der Waals surface area contributed by atoms with E-state index in [1.54, 1.807) is 24.0 Å². The van der Waals surface area contributed by atoms with Crippen LogP contribution >= 0.6 is 0 Å². The Morgan fingerprint density at radius 1 is 1.23 bits per heavy atom. The second kappa shape index (κ2) is 6.86. The minimum Gasteiger partial charge on any atom is -0.454 e. The van der Waals surface area contributed by atoms with Crippen molar-refractivity contribution in [3.8, 4) is 11.5 Å². The molecule has 1 fully saturated rings. The van der Waals surface area contributed by atoms with E-state index in [0.717, 1.165) is 10.5 Å². The second-order valence-corrected chi connectivity index (χ2v) is 6.58. The van der Waals surface area contributed by atoms with Crippen LogP contribution in [0.3, 0.4) is 0 Å². The van der Waals surface area contributed by atoms with Gasteiger partial charge in [0.15, 0.2) is 11.5 Å². The standard InChI is InChI=1S/C18H23N3O5/c1-4-20(5-2)15(22)10-21-16(23)18(3,19-17(21)24)9-12-6-7-13-14(8-12)26-11-25-13/h6-8H,4-5,9-11H2,1-3H3,(H,19,24). The van der Waals surface area contributed by atoms with Crippen LogP contribution in [-0.4, -0.2) is 59.6 Å². The van der Waals surface area contributed by atoms with Crippen LogP contribution in [0.15, 0.2) is 18.2 Å². The summed E-state index contributed by atoms with van der Waals surface area (Å²) < 4.78 is 10.6. The fourth-order valence-corrected chi connectivity index (χ4v) is 3.28. The van der Waals surface area contributed by atoms with E-state index in [2.05, 4.69) is 5.32 Å². The van der Waals surface area contributed by atoms with Gasteiger partial charge in [0.25, 0.3) is 5.91 Å². The number of likely N-dealkylation sites (N-methyl/N-ethyl adjacent to an activating group) is 1. The highest BCUT2D eigenvalue weighted by molar-refractivity contribution is 6.08. The lowest BCUT2D eigenvalue weighted by Gasteiger charge is -2.23. The zero-order valence-corrected chi connectivity index (χ0v) is 15.2. The Morgan fingerprint density at radius 3 is 2.62 bits per heavy atom. The van der Waals surface area contributed by atoms with Crippen LogP contribution < -0.4 is 14.8 Å². The van der Waals surface area contributed by atoms with Gasteiger partial charge in [0, 0.05) is 19.5 Å². The van der Waals surface area contributed by atoms with Gasteiger partial charge in [0.1, 0.15) is 12.1 Å². The molecule has 0 aromatic heterocycles. The van der Waals surface area contributed by atoms with Crippen LogP contribution in [0.1, 0.15) is 26.3 Å². The predicted octanol–water partition coefficient (Wildman–Crippen LogP) is 1.14. The zero-order valence-electron chi connectivity index (χ0n) is 15.2. The summed E-state index contributed by atoms with van der Waals surface area (Å²) in [5, 5.41) is 2.72. The Morgan fingerprint density at radius 2 is 1.92 bits per heavy atom. The number of nitrogens with one attached hydrogen (secondary N) is 1. The molecule has 2 aliphatic heterocycles. The number of carbonyl (C=O) groups is 3. The number of benzene rings is 1. The largest absolute Gasteiger partial charge is 0.454 e. The molecule has 2 aliphatic rings. The Balaban J connectivity index is 1.73. The van der Waals surface area contributed by atoms with Crippen LogP contribution in [0.5, 0.6) is 11.5 Å². The van der Waals surface area contributed by atoms with Crippen molar-refractivity contribution in [1.29, 1.82) is 0 Å². The third-order valence-electron chi connectivity index (χ3n) is 4.75. The number of carbonyl (C=O) groups excluding carboxylic acids is 3. The van der Waals surface area contributed by atoms with E-state index in [9.17, 15) is 14.4 Å². The molecule has 1 saturated heterocycles. The van der Waals surface area contributed by atoms with Crippen LogP contribution in [0.2, 0.25) is 0 Å². The maximum atomic E-state index is 12.8. The summed E-state index contributed by atoms with van der Waals surface area (Å²) in [5.41, 5.74) is -0.267. The van der Waals surface area contributed by atoms with E-state index < -0.39 is 17.5 Å². The molecule has 0 saturated carbocycles. The topological polar surface area (TPSA) is 88.2 Å². The summed E-state index contributed by atoms with van der Waals surface area (Å²) in [6.07, 6.45) is 0.296. The number of hydrogen-bond donors (Lipinski definition) is 1. The zero-order chi connectivity index (χ0) is 18.9. The monoisotopic (exact) mass is 361 g/mol. The van der Waals surface area contributed by atoms with Crippen LogP contribution in [0, 0.1) is 0 Å². The molecular formula is C18H23N3O5. The molecule has 26 heavy (non-hydrogen) atoms. The van der Waals surface area contributed by atoms with Crippen molar-refractivity contribution in [3.05, 3.63) is 23.8 Å². The summed E-state index contributed by atoms with van der Waals surface area (Å²) in [6.45, 7) is 6.38. The fourth-order valence-electron chi connectivity index (χ4n) is 3.28. The summed E-state index contributed by atoms with van der Waals surface area (Å²) in [4.78, 5) is 40.0. The average Bonchev–Trinajstić information content (AvgIpc) is 3.14. The van der Waals surface area contributed by atoms with Crippen molar-refractivity contribution in [2.24, 2.45) is 0 Å². The predicted molar refractivity (Wildman–Crippen MR) is 92.8 cm³/mol. The number of hydrogen-bond acceptors (Lipinski definition) is 5. The third kappa shape index (κ3) is 3.18. The molecular weight excluding hydrogens is 338 g/mol. The van der Waals surface area contributed by atoms with Crippen LogP contribution in [0.4, 0.5) is 4.79 Å². The highest BCUT2D eigenvalue weighted by Crippen LogP contribution is 2.34. The number of rotatable bonds is 6. The van der Waals surface area contributed by atoms with Gasteiger partial charge in [-0.2, -0.15) is 0 Å². The van der Waals surface area contributed by atoms with E-state index in [-0.39, 0.29) is 19.2 Å². The van der Waals surface area contributed by atoms with Gasteiger partial charge in [-0.05, 0) is 38.5 Å². The number of amides is 4. The number of ether oxygens (including phenoxy) is 2. The second-order valence-electron chi connectivity index (χ2n) is 6.58. The van der Waals surface area contributed by atoms with Gasteiger partial charge in [-0.3, -0.25) is 14.5 Å². The first kappa shape index (κ1) is 18.0. The van der Waals surface area contributed by atoms with Crippen molar-refractivity contribution >= 4 is 17.8 Å². The molecule has 0 radical (unpaired) electrons. The molecule has 1 aromatic carbocycles. The number of fused-ring (bicyclic) bond motifs is 1. The first-order valence-corrected chi connectivity index (χ1v) is 8.68. The van der Waals surface area contributed by atoms with E-state index >= 15 is 0 Å². The van der Waals surface area contributed by atoms with Crippen molar-refractivity contribution < 1.29 is 23.9 Å². The molecule has 3 rings (SSSR count). The molecule has 0 bridgehead atoms. The van der Waals surface area contributed by atoms with E-state index in [0.29, 0.717) is 31.0 Å². The van der Waals surface area contributed by atoms with Gasteiger partial charge in [0.05, 0.1) is 0 Å². The molecule has 8 heteroatoms. The maximum Gasteiger partial charge on any atom is 0.325 e. The highest BCUT2D eigenvalue weighted by atomic mass is 16.7. The van der Waals surface area contributed by atoms with E-state index in [4.69, 9.17) is 9.47 Å². The van der Waals surface area contributed by atoms with Crippen LogP contribution in [0.25, 0.3) is 0 Å². The van der Waals surface area contributed by atoms with E-state index in [1.807, 2.05) is 19.9 Å². The van der Waals surface area contributed by atoms with Gasteiger partial charge in [-0.25, -0.2) is 4.79 Å². The molecule has 8 nitrogen and oxygen atoms in total. The summed E-state index contributed by atoms with van der Waals surface area (Å²) in [7, 11) is 0. The number of urea groups is 1. The Hall–Kier alpha value is -2.77. The van der Waals surface area contributed by atoms with Gasteiger partial charge in [0.2, 0.25) is 12.7 Å². The smallest absolute Gasteiger partial charge is 0.325 e. The molecule has 4 amide bonds. The minimum atomic E-state index is -1.10. The van der Waals surface area contributed by atoms with Crippen molar-refractivity contribution in [2.75, 3.05) is 26.4 Å². The lowest BCUT2D eigenvalue weighted by Crippen LogP contribution is -2.47. The Labute approximate surface area is 152 Å².